The zero-order chi connectivity index (χ0) is 11.8. The predicted octanol–water partition coefficient (Wildman–Crippen LogP) is 4.88. The number of allylic oxidation sites excluding steroid dienone is 1. The molecule has 17 heavy (non-hydrogen) atoms. The van der Waals surface area contributed by atoms with Crippen LogP contribution in [0.1, 0.15) is 28.2 Å². The van der Waals surface area contributed by atoms with Gasteiger partial charge in [0.05, 0.1) is 0 Å². The number of benzene rings is 2. The Bertz CT molecular complexity index is 582. The lowest BCUT2D eigenvalue weighted by atomic mass is 9.92. The van der Waals surface area contributed by atoms with E-state index in [0.717, 1.165) is 0 Å². The molecule has 1 aliphatic carbocycles. The summed E-state index contributed by atoms with van der Waals surface area (Å²) in [5.41, 5.74) is 5.47. The summed E-state index contributed by atoms with van der Waals surface area (Å²) in [6, 6.07) is 17.2. The molecule has 0 nitrogen and oxygen atoms in total. The van der Waals surface area contributed by atoms with Crippen molar-refractivity contribution in [3.8, 4) is 0 Å². The molecular weight excluding hydrogens is 272 g/mol. The number of hydrogen-bond donors (Lipinski definition) is 0. The van der Waals surface area contributed by atoms with Crippen LogP contribution < -0.4 is 0 Å². The van der Waals surface area contributed by atoms with Crippen molar-refractivity contribution in [2.75, 3.05) is 0 Å². The molecule has 0 saturated heterocycles. The average molecular weight is 285 g/mol. The molecule has 0 fully saturated rings. The summed E-state index contributed by atoms with van der Waals surface area (Å²) in [5.74, 6) is 0.367. The highest BCUT2D eigenvalue weighted by molar-refractivity contribution is 9.11. The molecular formula is C16H13Br. The second kappa shape index (κ2) is 4.15. The van der Waals surface area contributed by atoms with E-state index >= 15 is 0 Å². The molecule has 0 spiro atoms. The third-order valence-corrected chi connectivity index (χ3v) is 4.05. The van der Waals surface area contributed by atoms with E-state index < -0.39 is 0 Å². The predicted molar refractivity (Wildman–Crippen MR) is 76.4 cm³/mol. The topological polar surface area (TPSA) is 0 Å². The maximum absolute atomic E-state index is 3.72. The minimum atomic E-state index is 0.367. The quantitative estimate of drug-likeness (QED) is 0.700. The van der Waals surface area contributed by atoms with E-state index in [2.05, 4.69) is 77.5 Å². The molecule has 0 aromatic heterocycles. The fourth-order valence-electron chi connectivity index (χ4n) is 2.51. The van der Waals surface area contributed by atoms with Crippen molar-refractivity contribution in [3.63, 3.8) is 0 Å². The van der Waals surface area contributed by atoms with Crippen molar-refractivity contribution < 1.29 is 0 Å². The van der Waals surface area contributed by atoms with Crippen molar-refractivity contribution in [1.29, 1.82) is 0 Å². The molecule has 0 heterocycles. The number of hydrogen-bond acceptors (Lipinski definition) is 0. The van der Waals surface area contributed by atoms with Gasteiger partial charge in [0.1, 0.15) is 0 Å². The van der Waals surface area contributed by atoms with Crippen LogP contribution in [0.15, 0.2) is 53.0 Å². The molecule has 0 saturated carbocycles. The Morgan fingerprint density at radius 2 is 1.71 bits per heavy atom. The molecule has 2 aromatic rings. The standard InChI is InChI=1S/C16H13Br/c1-11-6-5-9-13-14(11)10-15(17)16(13)12-7-3-2-4-8-12/h2-10,16H,1H3. The van der Waals surface area contributed by atoms with Gasteiger partial charge in [-0.1, -0.05) is 64.5 Å². The summed E-state index contributed by atoms with van der Waals surface area (Å²) >= 11 is 3.72. The van der Waals surface area contributed by atoms with Gasteiger partial charge in [-0.3, -0.25) is 0 Å². The van der Waals surface area contributed by atoms with E-state index in [0.29, 0.717) is 5.92 Å². The van der Waals surface area contributed by atoms with E-state index in [1.54, 1.807) is 0 Å². The first-order chi connectivity index (χ1) is 8.27. The Balaban J connectivity index is 2.17. The first kappa shape index (κ1) is 10.8. The highest BCUT2D eigenvalue weighted by Gasteiger charge is 2.25. The number of fused-ring (bicyclic) bond motifs is 1. The fraction of sp³-hybridized carbons (Fsp3) is 0.125. The molecule has 84 valence electrons. The zero-order valence-corrected chi connectivity index (χ0v) is 11.2. The average Bonchev–Trinajstić information content (AvgIpc) is 2.68. The van der Waals surface area contributed by atoms with E-state index in [4.69, 9.17) is 0 Å². The lowest BCUT2D eigenvalue weighted by Crippen LogP contribution is -1.98. The fourth-order valence-corrected chi connectivity index (χ4v) is 3.25. The van der Waals surface area contributed by atoms with Gasteiger partial charge in [0.2, 0.25) is 0 Å². The van der Waals surface area contributed by atoms with E-state index in [-0.39, 0.29) is 0 Å². The monoisotopic (exact) mass is 284 g/mol. The highest BCUT2D eigenvalue weighted by Crippen LogP contribution is 2.44. The van der Waals surface area contributed by atoms with Gasteiger partial charge >= 0.3 is 0 Å². The van der Waals surface area contributed by atoms with Crippen LogP contribution in [-0.2, 0) is 0 Å². The summed E-state index contributed by atoms with van der Waals surface area (Å²) < 4.78 is 1.26. The van der Waals surface area contributed by atoms with Gasteiger partial charge in [0, 0.05) is 10.4 Å². The lowest BCUT2D eigenvalue weighted by Gasteiger charge is -2.14. The van der Waals surface area contributed by atoms with Crippen molar-refractivity contribution in [3.05, 3.63) is 75.3 Å². The summed E-state index contributed by atoms with van der Waals surface area (Å²) in [6.07, 6.45) is 2.25. The molecule has 0 bridgehead atoms. The second-order valence-electron chi connectivity index (χ2n) is 4.45. The lowest BCUT2D eigenvalue weighted by molar-refractivity contribution is 1.04. The van der Waals surface area contributed by atoms with Crippen molar-refractivity contribution in [1.82, 2.24) is 0 Å². The summed E-state index contributed by atoms with van der Waals surface area (Å²) in [7, 11) is 0. The Hall–Kier alpha value is -1.34. The van der Waals surface area contributed by atoms with Gasteiger partial charge in [-0.25, -0.2) is 0 Å². The van der Waals surface area contributed by atoms with Gasteiger partial charge in [0.25, 0.3) is 0 Å². The van der Waals surface area contributed by atoms with Crippen LogP contribution >= 0.6 is 15.9 Å². The minimum absolute atomic E-state index is 0.367. The van der Waals surface area contributed by atoms with Crippen LogP contribution in [0.25, 0.3) is 6.08 Å². The van der Waals surface area contributed by atoms with E-state index in [9.17, 15) is 0 Å². The summed E-state index contributed by atoms with van der Waals surface area (Å²) in [4.78, 5) is 0. The largest absolute Gasteiger partial charge is 0.0622 e. The molecule has 0 aliphatic heterocycles. The summed E-state index contributed by atoms with van der Waals surface area (Å²) in [6.45, 7) is 2.17. The van der Waals surface area contributed by atoms with Crippen LogP contribution in [0.3, 0.4) is 0 Å². The highest BCUT2D eigenvalue weighted by atomic mass is 79.9. The van der Waals surface area contributed by atoms with Gasteiger partial charge < -0.3 is 0 Å². The van der Waals surface area contributed by atoms with Crippen molar-refractivity contribution in [2.24, 2.45) is 0 Å². The van der Waals surface area contributed by atoms with Crippen molar-refractivity contribution >= 4 is 22.0 Å². The SMILES string of the molecule is Cc1cccc2c1C=C(Br)C2c1ccccc1. The van der Waals surface area contributed by atoms with Crippen LogP contribution in [0.5, 0.6) is 0 Å². The molecule has 3 rings (SSSR count). The molecule has 0 N–H and O–H groups in total. The van der Waals surface area contributed by atoms with E-state index in [1.165, 1.54) is 26.7 Å². The van der Waals surface area contributed by atoms with Crippen LogP contribution in [-0.4, -0.2) is 0 Å². The van der Waals surface area contributed by atoms with Gasteiger partial charge in [-0.15, -0.1) is 0 Å². The zero-order valence-electron chi connectivity index (χ0n) is 9.65. The number of rotatable bonds is 1. The molecule has 1 unspecified atom stereocenters. The Morgan fingerprint density at radius 1 is 0.941 bits per heavy atom. The van der Waals surface area contributed by atoms with Gasteiger partial charge in [-0.2, -0.15) is 0 Å². The third kappa shape index (κ3) is 1.75. The maximum atomic E-state index is 3.72. The molecule has 1 aliphatic rings. The Morgan fingerprint density at radius 3 is 2.47 bits per heavy atom. The first-order valence-electron chi connectivity index (χ1n) is 5.79. The Kier molecular flexibility index (Phi) is 2.64. The first-order valence-corrected chi connectivity index (χ1v) is 6.58. The van der Waals surface area contributed by atoms with Gasteiger partial charge in [0.15, 0.2) is 0 Å². The smallest absolute Gasteiger partial charge is 0.0412 e. The van der Waals surface area contributed by atoms with Crippen LogP contribution in [0.4, 0.5) is 0 Å². The normalized spacial score (nSPS) is 17.8. The minimum Gasteiger partial charge on any atom is -0.0622 e. The van der Waals surface area contributed by atoms with E-state index in [1.807, 2.05) is 0 Å². The molecule has 1 heteroatoms. The number of aryl methyl sites for hydroxylation is 1. The maximum Gasteiger partial charge on any atom is 0.0412 e. The van der Waals surface area contributed by atoms with Crippen LogP contribution in [0.2, 0.25) is 0 Å². The molecule has 0 radical (unpaired) electrons. The molecule has 2 aromatic carbocycles. The second-order valence-corrected chi connectivity index (χ2v) is 5.37. The van der Waals surface area contributed by atoms with Gasteiger partial charge in [-0.05, 0) is 35.3 Å². The summed E-state index contributed by atoms with van der Waals surface area (Å²) in [5, 5.41) is 0. The van der Waals surface area contributed by atoms with Crippen LogP contribution in [0, 0.1) is 6.92 Å². The molecule has 1 atom stereocenters. The van der Waals surface area contributed by atoms with Crippen molar-refractivity contribution in [2.45, 2.75) is 12.8 Å². The third-order valence-electron chi connectivity index (χ3n) is 3.36. The Labute approximate surface area is 110 Å². The molecule has 0 amide bonds. The number of halogens is 1.